The van der Waals surface area contributed by atoms with Crippen molar-refractivity contribution in [2.75, 3.05) is 13.1 Å². The molecule has 0 radical (unpaired) electrons. The number of nitrogens with one attached hydrogen (secondary N) is 1. The third-order valence-electron chi connectivity index (χ3n) is 6.25. The van der Waals surface area contributed by atoms with Crippen molar-refractivity contribution in [2.45, 2.75) is 32.5 Å². The van der Waals surface area contributed by atoms with Crippen LogP contribution in [-0.2, 0) is 24.4 Å². The van der Waals surface area contributed by atoms with Crippen LogP contribution in [0.1, 0.15) is 29.9 Å². The first-order valence-corrected chi connectivity index (χ1v) is 12.1. The van der Waals surface area contributed by atoms with Crippen LogP contribution in [0.2, 0.25) is 5.02 Å². The fourth-order valence-electron chi connectivity index (χ4n) is 4.37. The molecule has 8 nitrogen and oxygen atoms in total. The zero-order valence-corrected chi connectivity index (χ0v) is 20.1. The largest absolute Gasteiger partial charge is 0.352 e. The summed E-state index contributed by atoms with van der Waals surface area (Å²) in [6, 6.07) is 15.7. The summed E-state index contributed by atoms with van der Waals surface area (Å²) in [7, 11) is 0. The van der Waals surface area contributed by atoms with Crippen molar-refractivity contribution in [3.63, 3.8) is 0 Å². The highest BCUT2D eigenvalue weighted by atomic mass is 35.5. The number of hydrogen-bond acceptors (Lipinski definition) is 6. The van der Waals surface area contributed by atoms with Gasteiger partial charge in [-0.25, -0.2) is 4.98 Å². The summed E-state index contributed by atoms with van der Waals surface area (Å²) < 4.78 is 7.46. The highest BCUT2D eigenvalue weighted by Gasteiger charge is 2.26. The van der Waals surface area contributed by atoms with E-state index in [2.05, 4.69) is 37.5 Å². The zero-order chi connectivity index (χ0) is 24.0. The van der Waals surface area contributed by atoms with E-state index in [9.17, 15) is 4.79 Å². The van der Waals surface area contributed by atoms with E-state index < -0.39 is 0 Å². The summed E-state index contributed by atoms with van der Waals surface area (Å²) >= 11 is 6.06. The van der Waals surface area contributed by atoms with Gasteiger partial charge in [-0.2, -0.15) is 4.98 Å². The lowest BCUT2D eigenvalue weighted by molar-refractivity contribution is -0.126. The van der Waals surface area contributed by atoms with E-state index in [1.165, 1.54) is 5.56 Å². The number of nitrogens with zero attached hydrogens (tertiary/aromatic N) is 5. The molecule has 2 aromatic heterocycles. The predicted octanol–water partition coefficient (Wildman–Crippen LogP) is 4.16. The standard InChI is InChI=1S/C26H27ClN6O2/c27-23-6-2-5-22(14-23)25-30-24(35-31-25)17-32-10-7-21(8-11-32)26(34)29-15-19-3-1-4-20(13-19)16-33-12-9-28-18-33/h1-6,9,12-14,18,21H,7-8,10-11,15-17H2,(H,29,34). The normalized spacial score (nSPS) is 14.8. The Morgan fingerprint density at radius 2 is 1.91 bits per heavy atom. The third kappa shape index (κ3) is 6.15. The minimum Gasteiger partial charge on any atom is -0.352 e. The van der Waals surface area contributed by atoms with Crippen LogP contribution in [0.3, 0.4) is 0 Å². The van der Waals surface area contributed by atoms with E-state index in [0.29, 0.717) is 29.8 Å². The number of likely N-dealkylation sites (tertiary alicyclic amines) is 1. The van der Waals surface area contributed by atoms with E-state index in [1.54, 1.807) is 12.5 Å². The van der Waals surface area contributed by atoms with Gasteiger partial charge in [0.25, 0.3) is 0 Å². The quantitative estimate of drug-likeness (QED) is 0.399. The topological polar surface area (TPSA) is 89.1 Å². The minimum atomic E-state index is 0.0186. The number of hydrogen-bond donors (Lipinski definition) is 1. The molecule has 0 bridgehead atoms. The molecule has 1 fully saturated rings. The average molecular weight is 491 g/mol. The molecule has 0 atom stereocenters. The van der Waals surface area contributed by atoms with Gasteiger partial charge in [0.1, 0.15) is 0 Å². The number of carbonyl (C=O) groups excluding carboxylic acids is 1. The van der Waals surface area contributed by atoms with Crippen LogP contribution >= 0.6 is 11.6 Å². The molecule has 9 heteroatoms. The Hall–Kier alpha value is -3.49. The van der Waals surface area contributed by atoms with Gasteiger partial charge in [-0.3, -0.25) is 9.69 Å². The van der Waals surface area contributed by atoms with Crippen molar-refractivity contribution in [1.29, 1.82) is 0 Å². The first-order chi connectivity index (χ1) is 17.1. The Bertz CT molecular complexity index is 1260. The molecular weight excluding hydrogens is 464 g/mol. The first-order valence-electron chi connectivity index (χ1n) is 11.7. The molecule has 5 rings (SSSR count). The van der Waals surface area contributed by atoms with Crippen molar-refractivity contribution < 1.29 is 9.32 Å². The minimum absolute atomic E-state index is 0.0186. The van der Waals surface area contributed by atoms with Gasteiger partial charge >= 0.3 is 0 Å². The Kier molecular flexibility index (Phi) is 7.20. The number of halogens is 1. The molecule has 0 unspecified atom stereocenters. The first kappa shape index (κ1) is 23.3. The van der Waals surface area contributed by atoms with Gasteiger partial charge in [0.05, 0.1) is 12.9 Å². The van der Waals surface area contributed by atoms with Gasteiger partial charge in [-0.15, -0.1) is 0 Å². The number of imidazole rings is 1. The summed E-state index contributed by atoms with van der Waals surface area (Å²) in [5.41, 5.74) is 3.11. The third-order valence-corrected chi connectivity index (χ3v) is 6.49. The maximum Gasteiger partial charge on any atom is 0.241 e. The van der Waals surface area contributed by atoms with Gasteiger partial charge < -0.3 is 14.4 Å². The molecule has 1 aliphatic rings. The van der Waals surface area contributed by atoms with E-state index in [1.807, 2.05) is 47.2 Å². The molecule has 0 spiro atoms. The van der Waals surface area contributed by atoms with Crippen LogP contribution in [0.15, 0.2) is 71.8 Å². The summed E-state index contributed by atoms with van der Waals surface area (Å²) in [5, 5.41) is 7.83. The molecular formula is C26H27ClN6O2. The van der Waals surface area contributed by atoms with Crippen LogP contribution < -0.4 is 5.32 Å². The van der Waals surface area contributed by atoms with Crippen molar-refractivity contribution in [2.24, 2.45) is 5.92 Å². The molecule has 35 heavy (non-hydrogen) atoms. The van der Waals surface area contributed by atoms with E-state index in [0.717, 1.165) is 43.6 Å². The van der Waals surface area contributed by atoms with Gasteiger partial charge in [0.2, 0.25) is 17.6 Å². The molecule has 0 aliphatic carbocycles. The van der Waals surface area contributed by atoms with Crippen molar-refractivity contribution >= 4 is 17.5 Å². The maximum absolute atomic E-state index is 12.8. The van der Waals surface area contributed by atoms with Crippen LogP contribution in [0.5, 0.6) is 0 Å². The lowest BCUT2D eigenvalue weighted by Crippen LogP contribution is -2.40. The van der Waals surface area contributed by atoms with Crippen LogP contribution in [0.25, 0.3) is 11.4 Å². The number of carbonyl (C=O) groups is 1. The molecule has 2 aromatic carbocycles. The average Bonchev–Trinajstić information content (AvgIpc) is 3.56. The summed E-state index contributed by atoms with van der Waals surface area (Å²) in [5.74, 6) is 1.24. The second-order valence-corrected chi connectivity index (χ2v) is 9.28. The van der Waals surface area contributed by atoms with Gasteiger partial charge in [-0.05, 0) is 49.2 Å². The van der Waals surface area contributed by atoms with Crippen LogP contribution in [0.4, 0.5) is 0 Å². The smallest absolute Gasteiger partial charge is 0.241 e. The molecule has 4 aromatic rings. The van der Waals surface area contributed by atoms with Gasteiger partial charge in [0.15, 0.2) is 0 Å². The van der Waals surface area contributed by atoms with Gasteiger partial charge in [-0.1, -0.05) is 53.2 Å². The van der Waals surface area contributed by atoms with Crippen LogP contribution in [0, 0.1) is 5.92 Å². The number of amides is 1. The van der Waals surface area contributed by atoms with Crippen molar-refractivity contribution in [1.82, 2.24) is 29.9 Å². The van der Waals surface area contributed by atoms with Crippen molar-refractivity contribution in [3.8, 4) is 11.4 Å². The summed E-state index contributed by atoms with van der Waals surface area (Å²) in [6.45, 7) is 3.50. The highest BCUT2D eigenvalue weighted by Crippen LogP contribution is 2.22. The Balaban J connectivity index is 1.08. The number of benzene rings is 2. The monoisotopic (exact) mass is 490 g/mol. The molecule has 1 aliphatic heterocycles. The number of aromatic nitrogens is 4. The van der Waals surface area contributed by atoms with Gasteiger partial charge in [0, 0.05) is 42.0 Å². The Labute approximate surface area is 208 Å². The Morgan fingerprint density at radius 3 is 2.71 bits per heavy atom. The molecule has 3 heterocycles. The predicted molar refractivity (Wildman–Crippen MR) is 132 cm³/mol. The fourth-order valence-corrected chi connectivity index (χ4v) is 4.56. The Morgan fingerprint density at radius 1 is 1.09 bits per heavy atom. The maximum atomic E-state index is 12.8. The summed E-state index contributed by atoms with van der Waals surface area (Å²) in [4.78, 5) is 23.6. The molecule has 1 amide bonds. The molecule has 0 saturated carbocycles. The number of piperidine rings is 1. The zero-order valence-electron chi connectivity index (χ0n) is 19.3. The fraction of sp³-hybridized carbons (Fsp3) is 0.308. The lowest BCUT2D eigenvalue weighted by Gasteiger charge is -2.30. The van der Waals surface area contributed by atoms with Crippen LogP contribution in [-0.4, -0.2) is 43.6 Å². The summed E-state index contributed by atoms with van der Waals surface area (Å²) in [6.07, 6.45) is 7.13. The second-order valence-electron chi connectivity index (χ2n) is 8.85. The van der Waals surface area contributed by atoms with Crippen molar-refractivity contribution in [3.05, 3.63) is 89.3 Å². The van der Waals surface area contributed by atoms with E-state index in [-0.39, 0.29) is 11.8 Å². The molecule has 1 N–H and O–H groups in total. The van der Waals surface area contributed by atoms with E-state index in [4.69, 9.17) is 16.1 Å². The lowest BCUT2D eigenvalue weighted by atomic mass is 9.96. The number of rotatable bonds is 8. The second kappa shape index (κ2) is 10.8. The van der Waals surface area contributed by atoms with E-state index >= 15 is 0 Å². The molecule has 1 saturated heterocycles. The highest BCUT2D eigenvalue weighted by molar-refractivity contribution is 6.30. The SMILES string of the molecule is O=C(NCc1cccc(Cn2ccnc2)c1)C1CCN(Cc2nc(-c3cccc(Cl)c3)no2)CC1. The molecule has 180 valence electrons.